The van der Waals surface area contributed by atoms with Gasteiger partial charge in [-0.2, -0.15) is 0 Å². The van der Waals surface area contributed by atoms with E-state index in [1.807, 2.05) is 5.01 Å². The summed E-state index contributed by atoms with van der Waals surface area (Å²) in [4.78, 5) is 24.2. The van der Waals surface area contributed by atoms with Gasteiger partial charge in [-0.3, -0.25) is 10.2 Å². The van der Waals surface area contributed by atoms with Crippen LogP contribution < -0.4 is 10.7 Å². The first-order chi connectivity index (χ1) is 9.58. The number of carboxylic acid groups (broad SMARTS) is 1. The van der Waals surface area contributed by atoms with Crippen molar-refractivity contribution in [1.82, 2.24) is 20.7 Å². The standard InChI is InChI=1S/C13H26N4O3/c1-16-8-10-17(11-9-16)15-13(20)14-7-5-3-2-4-6-12(18)19/h2-11H2,1H3,(H,18,19)(H2,14,15,20). The predicted molar refractivity (Wildman–Crippen MR) is 76.3 cm³/mol. The molecule has 7 nitrogen and oxygen atoms in total. The SMILES string of the molecule is CN1CCN(NC(=O)NCCCCCCC(=O)O)CC1. The molecule has 0 bridgehead atoms. The van der Waals surface area contributed by atoms with E-state index in [-0.39, 0.29) is 12.5 Å². The molecule has 0 aromatic carbocycles. The van der Waals surface area contributed by atoms with E-state index in [9.17, 15) is 9.59 Å². The molecule has 0 saturated carbocycles. The van der Waals surface area contributed by atoms with Crippen LogP contribution in [0.15, 0.2) is 0 Å². The van der Waals surface area contributed by atoms with Crippen molar-refractivity contribution in [2.75, 3.05) is 39.8 Å². The maximum Gasteiger partial charge on any atom is 0.329 e. The largest absolute Gasteiger partial charge is 0.481 e. The molecule has 0 aromatic heterocycles. The molecule has 1 aliphatic rings. The number of aliphatic carboxylic acids is 1. The van der Waals surface area contributed by atoms with Crippen LogP contribution in [0.5, 0.6) is 0 Å². The second-order valence-corrected chi connectivity index (χ2v) is 5.22. The smallest absolute Gasteiger partial charge is 0.329 e. The molecule has 0 atom stereocenters. The molecule has 1 saturated heterocycles. The third kappa shape index (κ3) is 7.96. The van der Waals surface area contributed by atoms with Gasteiger partial charge < -0.3 is 15.3 Å². The number of carbonyl (C=O) groups is 2. The number of piperazine rings is 1. The van der Waals surface area contributed by atoms with Gasteiger partial charge in [0.05, 0.1) is 0 Å². The number of hydrazine groups is 1. The Bertz CT molecular complexity index is 304. The molecule has 116 valence electrons. The molecule has 7 heteroatoms. The van der Waals surface area contributed by atoms with Crippen LogP contribution in [0.25, 0.3) is 0 Å². The molecular weight excluding hydrogens is 260 g/mol. The average Bonchev–Trinajstić information content (AvgIpc) is 2.40. The molecule has 1 aliphatic heterocycles. The van der Waals surface area contributed by atoms with Crippen molar-refractivity contribution in [3.8, 4) is 0 Å². The highest BCUT2D eigenvalue weighted by Crippen LogP contribution is 2.02. The lowest BCUT2D eigenvalue weighted by molar-refractivity contribution is -0.137. The molecule has 0 radical (unpaired) electrons. The lowest BCUT2D eigenvalue weighted by atomic mass is 10.1. The van der Waals surface area contributed by atoms with E-state index in [0.717, 1.165) is 45.4 Å². The van der Waals surface area contributed by atoms with Gasteiger partial charge >= 0.3 is 12.0 Å². The molecule has 1 fully saturated rings. The fraction of sp³-hybridized carbons (Fsp3) is 0.846. The summed E-state index contributed by atoms with van der Waals surface area (Å²) < 4.78 is 0. The summed E-state index contributed by atoms with van der Waals surface area (Å²) in [7, 11) is 2.07. The van der Waals surface area contributed by atoms with Crippen LogP contribution in [0.2, 0.25) is 0 Å². The summed E-state index contributed by atoms with van der Waals surface area (Å²) in [5.74, 6) is -0.741. The van der Waals surface area contributed by atoms with Gasteiger partial charge in [-0.15, -0.1) is 0 Å². The second-order valence-electron chi connectivity index (χ2n) is 5.22. The van der Waals surface area contributed by atoms with Crippen LogP contribution in [0.3, 0.4) is 0 Å². The van der Waals surface area contributed by atoms with E-state index >= 15 is 0 Å². The summed E-state index contributed by atoms with van der Waals surface area (Å²) in [6.45, 7) is 4.25. The van der Waals surface area contributed by atoms with E-state index < -0.39 is 5.97 Å². The minimum Gasteiger partial charge on any atom is -0.481 e. The molecule has 0 aliphatic carbocycles. The highest BCUT2D eigenvalue weighted by Gasteiger charge is 2.14. The maximum absolute atomic E-state index is 11.6. The van der Waals surface area contributed by atoms with Crippen LogP contribution in [-0.4, -0.2) is 66.8 Å². The first-order valence-corrected chi connectivity index (χ1v) is 7.27. The predicted octanol–water partition coefficient (Wildman–Crippen LogP) is 0.483. The van der Waals surface area contributed by atoms with Crippen LogP contribution in [0.4, 0.5) is 4.79 Å². The number of nitrogens with zero attached hydrogens (tertiary/aromatic N) is 2. The number of rotatable bonds is 8. The van der Waals surface area contributed by atoms with Gasteiger partial charge in [0.2, 0.25) is 0 Å². The maximum atomic E-state index is 11.6. The number of carbonyl (C=O) groups excluding carboxylic acids is 1. The zero-order valence-electron chi connectivity index (χ0n) is 12.2. The van der Waals surface area contributed by atoms with Crippen LogP contribution >= 0.6 is 0 Å². The van der Waals surface area contributed by atoms with E-state index in [4.69, 9.17) is 5.11 Å². The Hall–Kier alpha value is -1.34. The van der Waals surface area contributed by atoms with E-state index in [2.05, 4.69) is 22.7 Å². The van der Waals surface area contributed by atoms with E-state index in [0.29, 0.717) is 13.0 Å². The van der Waals surface area contributed by atoms with E-state index in [1.165, 1.54) is 0 Å². The first-order valence-electron chi connectivity index (χ1n) is 7.27. The molecule has 1 rings (SSSR count). The minimum absolute atomic E-state index is 0.153. The van der Waals surface area contributed by atoms with Crippen molar-refractivity contribution >= 4 is 12.0 Å². The van der Waals surface area contributed by atoms with Gasteiger partial charge in [0.15, 0.2) is 0 Å². The first kappa shape index (κ1) is 16.7. The van der Waals surface area contributed by atoms with Crippen LogP contribution in [-0.2, 0) is 4.79 Å². The van der Waals surface area contributed by atoms with Gasteiger partial charge in [-0.1, -0.05) is 12.8 Å². The molecule has 0 spiro atoms. The Morgan fingerprint density at radius 1 is 1.05 bits per heavy atom. The quantitative estimate of drug-likeness (QED) is 0.565. The van der Waals surface area contributed by atoms with Crippen molar-refractivity contribution in [1.29, 1.82) is 0 Å². The monoisotopic (exact) mass is 286 g/mol. The molecule has 3 N–H and O–H groups in total. The molecule has 0 aromatic rings. The van der Waals surface area contributed by atoms with Crippen molar-refractivity contribution in [2.45, 2.75) is 32.1 Å². The van der Waals surface area contributed by atoms with Crippen molar-refractivity contribution in [3.63, 3.8) is 0 Å². The Labute approximate surface area is 120 Å². The number of unbranched alkanes of at least 4 members (excludes halogenated alkanes) is 3. The van der Waals surface area contributed by atoms with Crippen LogP contribution in [0.1, 0.15) is 32.1 Å². The molecule has 20 heavy (non-hydrogen) atoms. The van der Waals surface area contributed by atoms with Gasteiger partial charge in [-0.25, -0.2) is 9.80 Å². The fourth-order valence-corrected chi connectivity index (χ4v) is 2.06. The summed E-state index contributed by atoms with van der Waals surface area (Å²) in [6.07, 6.45) is 3.67. The Balaban J connectivity index is 1.94. The molecule has 0 unspecified atom stereocenters. The lowest BCUT2D eigenvalue weighted by Gasteiger charge is -2.32. The minimum atomic E-state index is -0.741. The number of nitrogens with one attached hydrogen (secondary N) is 2. The van der Waals surface area contributed by atoms with Crippen LogP contribution in [0, 0.1) is 0 Å². The third-order valence-electron chi connectivity index (χ3n) is 3.37. The Morgan fingerprint density at radius 2 is 1.70 bits per heavy atom. The van der Waals surface area contributed by atoms with Gasteiger partial charge in [0.25, 0.3) is 0 Å². The summed E-state index contributed by atoms with van der Waals surface area (Å²) >= 11 is 0. The second kappa shape index (κ2) is 9.55. The highest BCUT2D eigenvalue weighted by atomic mass is 16.4. The topological polar surface area (TPSA) is 84.9 Å². The number of hydrogen-bond donors (Lipinski definition) is 3. The molecule has 2 amide bonds. The number of carboxylic acids is 1. The highest BCUT2D eigenvalue weighted by molar-refractivity contribution is 5.73. The van der Waals surface area contributed by atoms with Gasteiger partial charge in [-0.05, 0) is 19.9 Å². The Morgan fingerprint density at radius 3 is 2.35 bits per heavy atom. The third-order valence-corrected chi connectivity index (χ3v) is 3.37. The molecular formula is C13H26N4O3. The number of hydrogen-bond acceptors (Lipinski definition) is 4. The number of urea groups is 1. The fourth-order valence-electron chi connectivity index (χ4n) is 2.06. The van der Waals surface area contributed by atoms with Crippen molar-refractivity contribution in [3.05, 3.63) is 0 Å². The lowest BCUT2D eigenvalue weighted by Crippen LogP contribution is -2.54. The summed E-state index contributed by atoms with van der Waals surface area (Å²) in [5.41, 5.74) is 2.84. The van der Waals surface area contributed by atoms with Crippen molar-refractivity contribution in [2.24, 2.45) is 0 Å². The molecule has 1 heterocycles. The zero-order chi connectivity index (χ0) is 14.8. The Kier molecular flexibility index (Phi) is 7.98. The normalized spacial score (nSPS) is 16.9. The average molecular weight is 286 g/mol. The zero-order valence-corrected chi connectivity index (χ0v) is 12.2. The van der Waals surface area contributed by atoms with Gasteiger partial charge in [0, 0.05) is 39.1 Å². The van der Waals surface area contributed by atoms with Crippen molar-refractivity contribution < 1.29 is 14.7 Å². The summed E-state index contributed by atoms with van der Waals surface area (Å²) in [6, 6.07) is -0.153. The number of likely N-dealkylation sites (N-methyl/N-ethyl adjacent to an activating group) is 1. The van der Waals surface area contributed by atoms with E-state index in [1.54, 1.807) is 0 Å². The summed E-state index contributed by atoms with van der Waals surface area (Å²) in [5, 5.41) is 13.2. The number of amides is 2. The van der Waals surface area contributed by atoms with Gasteiger partial charge in [0.1, 0.15) is 0 Å².